The van der Waals surface area contributed by atoms with Crippen molar-refractivity contribution in [3.8, 4) is 0 Å². The van der Waals surface area contributed by atoms with Gasteiger partial charge in [-0.2, -0.15) is 17.5 Å². The molecule has 0 N–H and O–H groups in total. The van der Waals surface area contributed by atoms with Crippen molar-refractivity contribution in [2.24, 2.45) is 7.05 Å². The summed E-state index contributed by atoms with van der Waals surface area (Å²) >= 11 is 0. The third-order valence-electron chi connectivity index (χ3n) is 4.65. The van der Waals surface area contributed by atoms with Gasteiger partial charge in [-0.05, 0) is 37.5 Å². The number of nitrogens with zero attached hydrogens (tertiary/aromatic N) is 4. The van der Waals surface area contributed by atoms with Gasteiger partial charge in [0.05, 0.1) is 10.5 Å². The normalized spacial score (nSPS) is 19.7. The van der Waals surface area contributed by atoms with Crippen molar-refractivity contribution < 1.29 is 21.6 Å². The molecule has 0 amide bonds. The van der Waals surface area contributed by atoms with E-state index in [1.807, 2.05) is 0 Å². The fraction of sp³-hybridized carbons (Fsp3) is 0.500. The lowest BCUT2D eigenvalue weighted by molar-refractivity contribution is -0.138. The van der Waals surface area contributed by atoms with Crippen LogP contribution in [0.1, 0.15) is 35.7 Å². The van der Waals surface area contributed by atoms with Crippen LogP contribution in [0.15, 0.2) is 29.4 Å². The zero-order chi connectivity index (χ0) is 19.1. The van der Waals surface area contributed by atoms with Crippen LogP contribution in [-0.2, 0) is 23.2 Å². The van der Waals surface area contributed by atoms with E-state index >= 15 is 0 Å². The Morgan fingerprint density at radius 3 is 2.62 bits per heavy atom. The van der Waals surface area contributed by atoms with E-state index in [-0.39, 0.29) is 29.5 Å². The van der Waals surface area contributed by atoms with E-state index in [1.165, 1.54) is 23.4 Å². The smallest absolute Gasteiger partial charge is 0.320 e. The van der Waals surface area contributed by atoms with Crippen LogP contribution < -0.4 is 0 Å². The summed E-state index contributed by atoms with van der Waals surface area (Å²) < 4.78 is 68.1. The third-order valence-corrected chi connectivity index (χ3v) is 6.51. The highest BCUT2D eigenvalue weighted by Crippen LogP contribution is 2.35. The predicted molar refractivity (Wildman–Crippen MR) is 87.9 cm³/mol. The van der Waals surface area contributed by atoms with Crippen LogP contribution >= 0.6 is 0 Å². The van der Waals surface area contributed by atoms with Crippen molar-refractivity contribution in [2.45, 2.75) is 36.8 Å². The number of benzene rings is 1. The van der Waals surface area contributed by atoms with Gasteiger partial charge in [-0.3, -0.25) is 0 Å². The van der Waals surface area contributed by atoms with E-state index < -0.39 is 21.8 Å². The van der Waals surface area contributed by atoms with E-state index in [0.29, 0.717) is 12.2 Å². The molecule has 2 heterocycles. The van der Waals surface area contributed by atoms with E-state index in [4.69, 9.17) is 0 Å². The number of sulfonamides is 1. The van der Waals surface area contributed by atoms with Gasteiger partial charge in [0.15, 0.2) is 0 Å². The van der Waals surface area contributed by atoms with Crippen LogP contribution in [0.2, 0.25) is 0 Å². The first-order valence-corrected chi connectivity index (χ1v) is 9.56. The molecule has 0 radical (unpaired) electrons. The lowest BCUT2D eigenvalue weighted by Crippen LogP contribution is -2.39. The lowest BCUT2D eigenvalue weighted by atomic mass is 9.99. The van der Waals surface area contributed by atoms with Crippen LogP contribution in [0.25, 0.3) is 0 Å². The molecule has 3 rings (SSSR count). The molecule has 1 fully saturated rings. The van der Waals surface area contributed by atoms with Crippen molar-refractivity contribution in [3.05, 3.63) is 41.5 Å². The van der Waals surface area contributed by atoms with E-state index in [9.17, 15) is 21.6 Å². The summed E-state index contributed by atoms with van der Waals surface area (Å²) in [5.74, 6) is 0.531. The molecule has 26 heavy (non-hydrogen) atoms. The van der Waals surface area contributed by atoms with Gasteiger partial charge in [-0.15, -0.1) is 10.2 Å². The standard InChI is InChI=1S/C16H19F3N4O2S/c1-11-5-6-13(8-14(11)16(17,18)19)26(24,25)23-7-3-4-12(9-23)15-21-20-10-22(15)2/h5-6,8,10,12H,3-4,7,9H2,1-2H3/t12-/m1/s1. The van der Waals surface area contributed by atoms with Gasteiger partial charge >= 0.3 is 6.18 Å². The van der Waals surface area contributed by atoms with Gasteiger partial charge in [0, 0.05) is 26.1 Å². The second kappa shape index (κ2) is 6.66. The molecule has 0 aliphatic carbocycles. The number of aromatic nitrogens is 3. The molecule has 142 valence electrons. The van der Waals surface area contributed by atoms with Crippen LogP contribution in [0.4, 0.5) is 13.2 Å². The van der Waals surface area contributed by atoms with Gasteiger partial charge < -0.3 is 4.57 Å². The Labute approximate surface area is 149 Å². The van der Waals surface area contributed by atoms with E-state index in [1.54, 1.807) is 17.9 Å². The second-order valence-electron chi connectivity index (χ2n) is 6.48. The van der Waals surface area contributed by atoms with Crippen molar-refractivity contribution in [1.29, 1.82) is 0 Å². The minimum atomic E-state index is -4.60. The Kier molecular flexibility index (Phi) is 4.82. The van der Waals surface area contributed by atoms with Crippen LogP contribution in [0.5, 0.6) is 0 Å². The van der Waals surface area contributed by atoms with Gasteiger partial charge in [0.1, 0.15) is 12.2 Å². The molecule has 0 bridgehead atoms. The maximum absolute atomic E-state index is 13.1. The number of hydrogen-bond acceptors (Lipinski definition) is 4. The quantitative estimate of drug-likeness (QED) is 0.811. The average Bonchev–Trinajstić information content (AvgIpc) is 3.00. The monoisotopic (exact) mass is 388 g/mol. The molecule has 1 aromatic heterocycles. The SMILES string of the molecule is Cc1ccc(S(=O)(=O)N2CCC[C@@H](c3nncn3C)C2)cc1C(F)(F)F. The van der Waals surface area contributed by atoms with Crippen LogP contribution in [0.3, 0.4) is 0 Å². The molecule has 10 heteroatoms. The number of aryl methyl sites for hydroxylation is 2. The fourth-order valence-corrected chi connectivity index (χ4v) is 4.80. The van der Waals surface area contributed by atoms with E-state index in [0.717, 1.165) is 12.5 Å². The highest BCUT2D eigenvalue weighted by molar-refractivity contribution is 7.89. The average molecular weight is 388 g/mol. The summed E-state index contributed by atoms with van der Waals surface area (Å²) in [6.07, 6.45) is -1.70. The lowest BCUT2D eigenvalue weighted by Gasteiger charge is -2.31. The topological polar surface area (TPSA) is 68.1 Å². The summed E-state index contributed by atoms with van der Waals surface area (Å²) in [6.45, 7) is 1.75. The molecule has 0 saturated carbocycles. The Balaban J connectivity index is 1.92. The first kappa shape index (κ1) is 18.8. The zero-order valence-corrected chi connectivity index (χ0v) is 15.2. The Bertz CT molecular complexity index is 908. The molecule has 0 unspecified atom stereocenters. The predicted octanol–water partition coefficient (Wildman–Crippen LogP) is 2.71. The van der Waals surface area contributed by atoms with Crippen molar-refractivity contribution in [1.82, 2.24) is 19.1 Å². The number of rotatable bonds is 3. The zero-order valence-electron chi connectivity index (χ0n) is 14.4. The number of alkyl halides is 3. The van der Waals surface area contributed by atoms with Crippen molar-refractivity contribution >= 4 is 10.0 Å². The fourth-order valence-electron chi connectivity index (χ4n) is 3.25. The number of piperidine rings is 1. The third kappa shape index (κ3) is 3.48. The Hall–Kier alpha value is -1.94. The van der Waals surface area contributed by atoms with Crippen molar-refractivity contribution in [2.75, 3.05) is 13.1 Å². The molecule has 1 aromatic carbocycles. The molecule has 1 aliphatic rings. The molecular formula is C16H19F3N4O2S. The van der Waals surface area contributed by atoms with Gasteiger partial charge in [-0.25, -0.2) is 8.42 Å². The molecule has 1 aliphatic heterocycles. The molecule has 0 spiro atoms. The number of halogens is 3. The summed E-state index contributed by atoms with van der Waals surface area (Å²) in [4.78, 5) is -0.339. The molecule has 1 saturated heterocycles. The summed E-state index contributed by atoms with van der Waals surface area (Å²) in [6, 6.07) is 3.14. The van der Waals surface area contributed by atoms with Crippen LogP contribution in [-0.4, -0.2) is 40.6 Å². The van der Waals surface area contributed by atoms with Crippen molar-refractivity contribution in [3.63, 3.8) is 0 Å². The first-order valence-electron chi connectivity index (χ1n) is 8.12. The highest BCUT2D eigenvalue weighted by atomic mass is 32.2. The minimum Gasteiger partial charge on any atom is -0.320 e. The maximum atomic E-state index is 13.1. The minimum absolute atomic E-state index is 0.00736. The van der Waals surface area contributed by atoms with Gasteiger partial charge in [-0.1, -0.05) is 6.07 Å². The largest absolute Gasteiger partial charge is 0.416 e. The summed E-state index contributed by atoms with van der Waals surface area (Å²) in [5.41, 5.74) is -0.938. The molecule has 6 nitrogen and oxygen atoms in total. The molecular weight excluding hydrogens is 369 g/mol. The molecule has 2 aromatic rings. The Morgan fingerprint density at radius 1 is 1.27 bits per heavy atom. The first-order chi connectivity index (χ1) is 12.1. The molecule has 1 atom stereocenters. The van der Waals surface area contributed by atoms with Crippen LogP contribution in [0, 0.1) is 6.92 Å². The second-order valence-corrected chi connectivity index (χ2v) is 8.41. The Morgan fingerprint density at radius 2 is 2.00 bits per heavy atom. The summed E-state index contributed by atoms with van der Waals surface area (Å²) in [7, 11) is -2.25. The number of hydrogen-bond donors (Lipinski definition) is 0. The van der Waals surface area contributed by atoms with Gasteiger partial charge in [0.2, 0.25) is 10.0 Å². The highest BCUT2D eigenvalue weighted by Gasteiger charge is 2.36. The van der Waals surface area contributed by atoms with Gasteiger partial charge in [0.25, 0.3) is 0 Å². The summed E-state index contributed by atoms with van der Waals surface area (Å²) in [5, 5.41) is 7.84. The maximum Gasteiger partial charge on any atom is 0.416 e. The van der Waals surface area contributed by atoms with E-state index in [2.05, 4.69) is 10.2 Å².